The number of thiophene rings is 1. The van der Waals surface area contributed by atoms with Crippen molar-refractivity contribution in [3.63, 3.8) is 0 Å². The smallest absolute Gasteiger partial charge is 0.246 e. The molecule has 1 aromatic carbocycles. The van der Waals surface area contributed by atoms with Gasteiger partial charge in [0.1, 0.15) is 0 Å². The van der Waals surface area contributed by atoms with Crippen LogP contribution < -0.4 is 0 Å². The molecule has 1 aromatic heterocycles. The summed E-state index contributed by atoms with van der Waals surface area (Å²) in [6.07, 6.45) is 7.17. The highest BCUT2D eigenvalue weighted by Gasteiger charge is 2.22. The minimum absolute atomic E-state index is 0.0976. The molecule has 0 N–H and O–H groups in total. The summed E-state index contributed by atoms with van der Waals surface area (Å²) in [7, 11) is 1.92. The maximum absolute atomic E-state index is 12.4. The number of aryl methyl sites for hydroxylation is 1. The van der Waals surface area contributed by atoms with Gasteiger partial charge in [-0.2, -0.15) is 0 Å². The number of hydrogen-bond acceptors (Lipinski definition) is 3. The number of carbonyl (C=O) groups excluding carboxylic acids is 1. The Labute approximate surface area is 167 Å². The van der Waals surface area contributed by atoms with E-state index in [1.165, 1.54) is 30.5 Å². The van der Waals surface area contributed by atoms with Crippen molar-refractivity contribution in [1.29, 1.82) is 0 Å². The number of likely N-dealkylation sites (N-methyl/N-ethyl adjacent to an activating group) is 1. The molecule has 1 aliphatic heterocycles. The first kappa shape index (κ1) is 19.8. The van der Waals surface area contributed by atoms with Gasteiger partial charge in [-0.1, -0.05) is 30.3 Å². The second-order valence-corrected chi connectivity index (χ2v) is 8.53. The summed E-state index contributed by atoms with van der Waals surface area (Å²) in [4.78, 5) is 17.9. The highest BCUT2D eigenvalue weighted by atomic mass is 32.1. The Kier molecular flexibility index (Phi) is 7.25. The van der Waals surface area contributed by atoms with Crippen LogP contribution in [0.1, 0.15) is 28.8 Å². The zero-order chi connectivity index (χ0) is 19.1. The Morgan fingerprint density at radius 3 is 2.93 bits per heavy atom. The predicted molar refractivity (Wildman–Crippen MR) is 115 cm³/mol. The van der Waals surface area contributed by atoms with E-state index in [-0.39, 0.29) is 5.91 Å². The van der Waals surface area contributed by atoms with Gasteiger partial charge in [-0.3, -0.25) is 4.79 Å². The molecule has 144 valence electrons. The number of benzene rings is 1. The quantitative estimate of drug-likeness (QED) is 0.659. The molecule has 1 fully saturated rings. The average Bonchev–Trinajstić information content (AvgIpc) is 3.19. The molecule has 3 rings (SSSR count). The standard InChI is InChI=1S/C23H30N2OS/c1-19-7-3-4-9-21(19)13-15-25-14-5-8-20(18-25)17-24(2)23(26)12-11-22-10-6-16-27-22/h3-4,6-7,9-12,16,20H,5,8,13-15,17-18H2,1-2H3/b12-11+. The third-order valence-electron chi connectivity index (χ3n) is 5.40. The molecule has 27 heavy (non-hydrogen) atoms. The van der Waals surface area contributed by atoms with Gasteiger partial charge in [0.15, 0.2) is 0 Å². The van der Waals surface area contributed by atoms with E-state index in [0.29, 0.717) is 5.92 Å². The Balaban J connectivity index is 1.46. The zero-order valence-electron chi connectivity index (χ0n) is 16.4. The highest BCUT2D eigenvalue weighted by Crippen LogP contribution is 2.19. The van der Waals surface area contributed by atoms with Crippen LogP contribution in [0.5, 0.6) is 0 Å². The Bertz CT molecular complexity index is 753. The summed E-state index contributed by atoms with van der Waals surface area (Å²) in [5, 5.41) is 2.03. The Morgan fingerprint density at radius 2 is 2.15 bits per heavy atom. The molecule has 0 radical (unpaired) electrons. The molecule has 0 saturated carbocycles. The minimum atomic E-state index is 0.0976. The largest absolute Gasteiger partial charge is 0.342 e. The van der Waals surface area contributed by atoms with Crippen molar-refractivity contribution >= 4 is 23.3 Å². The first-order valence-electron chi connectivity index (χ1n) is 9.85. The third kappa shape index (κ3) is 6.05. The van der Waals surface area contributed by atoms with Crippen LogP contribution in [0.2, 0.25) is 0 Å². The molecule has 1 atom stereocenters. The number of likely N-dealkylation sites (tertiary alicyclic amines) is 1. The lowest BCUT2D eigenvalue weighted by molar-refractivity contribution is -0.125. The minimum Gasteiger partial charge on any atom is -0.342 e. The number of piperidine rings is 1. The number of carbonyl (C=O) groups is 1. The van der Waals surface area contributed by atoms with Crippen LogP contribution in [0.4, 0.5) is 0 Å². The summed E-state index contributed by atoms with van der Waals surface area (Å²) in [6, 6.07) is 12.7. The average molecular weight is 383 g/mol. The third-order valence-corrected chi connectivity index (χ3v) is 6.24. The molecule has 0 aliphatic carbocycles. The van der Waals surface area contributed by atoms with Crippen molar-refractivity contribution in [3.8, 4) is 0 Å². The van der Waals surface area contributed by atoms with Crippen molar-refractivity contribution in [1.82, 2.24) is 9.80 Å². The van der Waals surface area contributed by atoms with Gasteiger partial charge < -0.3 is 9.80 Å². The molecule has 1 aliphatic rings. The van der Waals surface area contributed by atoms with Crippen LogP contribution in [-0.4, -0.2) is 48.9 Å². The number of amides is 1. The number of nitrogens with zero attached hydrogens (tertiary/aromatic N) is 2. The fourth-order valence-corrected chi connectivity index (χ4v) is 4.43. The maximum atomic E-state index is 12.4. The van der Waals surface area contributed by atoms with Gasteiger partial charge in [-0.05, 0) is 67.3 Å². The van der Waals surface area contributed by atoms with Crippen molar-refractivity contribution in [3.05, 3.63) is 63.9 Å². The monoisotopic (exact) mass is 382 g/mol. The molecular formula is C23H30N2OS. The van der Waals surface area contributed by atoms with Crippen molar-refractivity contribution in [2.24, 2.45) is 5.92 Å². The second kappa shape index (κ2) is 9.86. The molecule has 2 aromatic rings. The molecule has 1 amide bonds. The van der Waals surface area contributed by atoms with E-state index in [4.69, 9.17) is 0 Å². The van der Waals surface area contributed by atoms with E-state index in [1.54, 1.807) is 17.4 Å². The van der Waals surface area contributed by atoms with Crippen LogP contribution in [0, 0.1) is 12.8 Å². The van der Waals surface area contributed by atoms with Gasteiger partial charge in [-0.15, -0.1) is 11.3 Å². The van der Waals surface area contributed by atoms with Crippen LogP contribution >= 0.6 is 11.3 Å². The van der Waals surface area contributed by atoms with Crippen molar-refractivity contribution < 1.29 is 4.79 Å². The van der Waals surface area contributed by atoms with Gasteiger partial charge in [0.25, 0.3) is 0 Å². The summed E-state index contributed by atoms with van der Waals surface area (Å²) in [5.41, 5.74) is 2.83. The highest BCUT2D eigenvalue weighted by molar-refractivity contribution is 7.10. The van der Waals surface area contributed by atoms with Gasteiger partial charge in [0.05, 0.1) is 0 Å². The summed E-state index contributed by atoms with van der Waals surface area (Å²) in [6.45, 7) is 6.42. The summed E-state index contributed by atoms with van der Waals surface area (Å²) in [5.74, 6) is 0.667. The van der Waals surface area contributed by atoms with Crippen molar-refractivity contribution in [2.45, 2.75) is 26.2 Å². The lowest BCUT2D eigenvalue weighted by Crippen LogP contribution is -2.42. The molecule has 2 heterocycles. The van der Waals surface area contributed by atoms with Crippen LogP contribution in [0.3, 0.4) is 0 Å². The number of hydrogen-bond donors (Lipinski definition) is 0. The molecule has 4 heteroatoms. The molecular weight excluding hydrogens is 352 g/mol. The van der Waals surface area contributed by atoms with Crippen LogP contribution in [0.15, 0.2) is 47.9 Å². The molecule has 3 nitrogen and oxygen atoms in total. The predicted octanol–water partition coefficient (Wildman–Crippen LogP) is 4.48. The molecule has 1 saturated heterocycles. The lowest BCUT2D eigenvalue weighted by atomic mass is 9.96. The second-order valence-electron chi connectivity index (χ2n) is 7.55. The lowest BCUT2D eigenvalue weighted by Gasteiger charge is -2.34. The van der Waals surface area contributed by atoms with Crippen LogP contribution in [-0.2, 0) is 11.2 Å². The Morgan fingerprint density at radius 1 is 1.30 bits per heavy atom. The fourth-order valence-electron chi connectivity index (χ4n) is 3.82. The normalized spacial score (nSPS) is 18.1. The van der Waals surface area contributed by atoms with E-state index < -0.39 is 0 Å². The van der Waals surface area contributed by atoms with Gasteiger partial charge in [0.2, 0.25) is 5.91 Å². The molecule has 1 unspecified atom stereocenters. The first-order chi connectivity index (χ1) is 13.1. The number of rotatable bonds is 7. The first-order valence-corrected chi connectivity index (χ1v) is 10.7. The molecule has 0 bridgehead atoms. The van der Waals surface area contributed by atoms with E-state index >= 15 is 0 Å². The van der Waals surface area contributed by atoms with Crippen molar-refractivity contribution in [2.75, 3.05) is 33.2 Å². The van der Waals surface area contributed by atoms with Gasteiger partial charge in [0, 0.05) is 37.6 Å². The topological polar surface area (TPSA) is 23.6 Å². The van der Waals surface area contributed by atoms with E-state index in [1.807, 2.05) is 35.5 Å². The summed E-state index contributed by atoms with van der Waals surface area (Å²) < 4.78 is 0. The fraction of sp³-hybridized carbons (Fsp3) is 0.435. The van der Waals surface area contributed by atoms with E-state index in [0.717, 1.165) is 30.9 Å². The van der Waals surface area contributed by atoms with E-state index in [9.17, 15) is 4.79 Å². The van der Waals surface area contributed by atoms with Gasteiger partial charge in [-0.25, -0.2) is 0 Å². The molecule has 0 spiro atoms. The van der Waals surface area contributed by atoms with Gasteiger partial charge >= 0.3 is 0 Å². The Hall–Kier alpha value is -1.91. The maximum Gasteiger partial charge on any atom is 0.246 e. The zero-order valence-corrected chi connectivity index (χ0v) is 17.3. The van der Waals surface area contributed by atoms with E-state index in [2.05, 4.69) is 36.1 Å². The summed E-state index contributed by atoms with van der Waals surface area (Å²) >= 11 is 1.65. The van der Waals surface area contributed by atoms with Crippen LogP contribution in [0.25, 0.3) is 6.08 Å². The SMILES string of the molecule is Cc1ccccc1CCN1CCCC(CN(C)C(=O)/C=C/c2cccs2)C1.